The maximum Gasteiger partial charge on any atom is 0.183 e. The molecule has 1 aliphatic rings. The minimum absolute atomic E-state index is 0.104. The topological polar surface area (TPSA) is 26.3 Å². The van der Waals surface area contributed by atoms with Crippen LogP contribution in [-0.2, 0) is 0 Å². The van der Waals surface area contributed by atoms with E-state index < -0.39 is 0 Å². The molecular weight excluding hydrogens is 268 g/mol. The van der Waals surface area contributed by atoms with E-state index in [1.54, 1.807) is 0 Å². The monoisotopic (exact) mass is 276 g/mol. The van der Waals surface area contributed by atoms with Crippen molar-refractivity contribution in [1.29, 1.82) is 0 Å². The highest BCUT2D eigenvalue weighted by Gasteiger charge is 2.27. The molecule has 2 aromatic carbocycles. The lowest BCUT2D eigenvalue weighted by molar-refractivity contribution is 0.0947. The van der Waals surface area contributed by atoms with Crippen LogP contribution in [0.3, 0.4) is 0 Å². The third-order valence-electron chi connectivity index (χ3n) is 2.80. The van der Waals surface area contributed by atoms with Crippen LogP contribution in [0.2, 0.25) is 0 Å². The Hall–Kier alpha value is -1.35. The number of ether oxygens (including phenoxy) is 1. The molecule has 3 rings (SSSR count). The van der Waals surface area contributed by atoms with E-state index in [2.05, 4.69) is 15.9 Å². The third kappa shape index (κ3) is 1.35. The maximum atomic E-state index is 11.9. The molecular formula is C13H9BrO2. The fourth-order valence-corrected chi connectivity index (χ4v) is 2.37. The Kier molecular flexibility index (Phi) is 2.21. The molecule has 2 aromatic rings. The minimum Gasteiger partial charge on any atom is -0.491 e. The van der Waals surface area contributed by atoms with Gasteiger partial charge < -0.3 is 4.74 Å². The van der Waals surface area contributed by atoms with Gasteiger partial charge in [-0.25, -0.2) is 0 Å². The minimum atomic E-state index is -0.221. The summed E-state index contributed by atoms with van der Waals surface area (Å²) in [7, 11) is 0. The van der Waals surface area contributed by atoms with E-state index in [-0.39, 0.29) is 10.6 Å². The van der Waals surface area contributed by atoms with Gasteiger partial charge in [-0.15, -0.1) is 0 Å². The smallest absolute Gasteiger partial charge is 0.183 e. The van der Waals surface area contributed by atoms with Gasteiger partial charge in [-0.3, -0.25) is 4.79 Å². The quantitative estimate of drug-likeness (QED) is 0.691. The van der Waals surface area contributed by atoms with E-state index in [1.165, 1.54) is 0 Å². The Morgan fingerprint density at radius 3 is 2.88 bits per heavy atom. The van der Waals surface area contributed by atoms with Gasteiger partial charge in [0.2, 0.25) is 0 Å². The molecule has 0 saturated heterocycles. The molecule has 80 valence electrons. The highest BCUT2D eigenvalue weighted by Crippen LogP contribution is 2.34. The first-order chi connectivity index (χ1) is 7.77. The number of carbonyl (C=O) groups excluding carboxylic acids is 1. The lowest BCUT2D eigenvalue weighted by Crippen LogP contribution is -2.27. The second-order valence-electron chi connectivity index (χ2n) is 3.81. The van der Waals surface area contributed by atoms with Crippen molar-refractivity contribution in [2.24, 2.45) is 0 Å². The van der Waals surface area contributed by atoms with Gasteiger partial charge in [0.15, 0.2) is 5.78 Å². The fourth-order valence-electron chi connectivity index (χ4n) is 1.99. The van der Waals surface area contributed by atoms with Crippen molar-refractivity contribution in [1.82, 2.24) is 0 Å². The van der Waals surface area contributed by atoms with Gasteiger partial charge in [0.05, 0.1) is 5.56 Å². The summed E-state index contributed by atoms with van der Waals surface area (Å²) >= 11 is 3.31. The molecule has 0 radical (unpaired) electrons. The Balaban J connectivity index is 2.32. The zero-order valence-corrected chi connectivity index (χ0v) is 10.0. The number of fused-ring (bicyclic) bond motifs is 3. The summed E-state index contributed by atoms with van der Waals surface area (Å²) in [6, 6.07) is 11.7. The molecule has 0 aromatic heterocycles. The van der Waals surface area contributed by atoms with Gasteiger partial charge in [0.1, 0.15) is 17.2 Å². The summed E-state index contributed by atoms with van der Waals surface area (Å²) in [5.74, 6) is 0.825. The highest BCUT2D eigenvalue weighted by molar-refractivity contribution is 9.10. The normalized spacial score (nSPS) is 19.3. The maximum absolute atomic E-state index is 11.9. The second-order valence-corrected chi connectivity index (χ2v) is 4.91. The van der Waals surface area contributed by atoms with Crippen molar-refractivity contribution >= 4 is 32.5 Å². The zero-order valence-electron chi connectivity index (χ0n) is 8.44. The molecule has 0 amide bonds. The number of hydrogen-bond donors (Lipinski definition) is 0. The molecule has 0 fully saturated rings. The molecule has 1 atom stereocenters. The van der Waals surface area contributed by atoms with E-state index in [9.17, 15) is 4.79 Å². The Morgan fingerprint density at radius 1 is 1.19 bits per heavy atom. The van der Waals surface area contributed by atoms with Crippen LogP contribution in [0.5, 0.6) is 5.75 Å². The van der Waals surface area contributed by atoms with E-state index >= 15 is 0 Å². The molecule has 0 bridgehead atoms. The average molecular weight is 277 g/mol. The molecule has 1 aliphatic heterocycles. The summed E-state index contributed by atoms with van der Waals surface area (Å²) in [5.41, 5.74) is 0.673. The number of rotatable bonds is 0. The van der Waals surface area contributed by atoms with Gasteiger partial charge >= 0.3 is 0 Å². The largest absolute Gasteiger partial charge is 0.491 e. The van der Waals surface area contributed by atoms with Crippen LogP contribution < -0.4 is 4.74 Å². The van der Waals surface area contributed by atoms with E-state index in [0.29, 0.717) is 12.2 Å². The van der Waals surface area contributed by atoms with Crippen LogP contribution in [-0.4, -0.2) is 17.2 Å². The molecule has 2 nitrogen and oxygen atoms in total. The van der Waals surface area contributed by atoms with E-state index in [4.69, 9.17) is 4.74 Å². The SMILES string of the molecule is O=C1c2ccc3ccccc3c2OC[C@@H]1Br. The second kappa shape index (κ2) is 3.59. The zero-order chi connectivity index (χ0) is 11.1. The Bertz CT molecular complexity index is 577. The van der Waals surface area contributed by atoms with Crippen LogP contribution in [0, 0.1) is 0 Å². The van der Waals surface area contributed by atoms with Crippen molar-refractivity contribution < 1.29 is 9.53 Å². The van der Waals surface area contributed by atoms with Crippen molar-refractivity contribution in [2.75, 3.05) is 6.61 Å². The third-order valence-corrected chi connectivity index (χ3v) is 3.48. The van der Waals surface area contributed by atoms with Crippen LogP contribution in [0.1, 0.15) is 10.4 Å². The van der Waals surface area contributed by atoms with Crippen molar-refractivity contribution in [3.8, 4) is 5.75 Å². The molecule has 3 heteroatoms. The van der Waals surface area contributed by atoms with Gasteiger partial charge in [-0.05, 0) is 11.5 Å². The van der Waals surface area contributed by atoms with Gasteiger partial charge in [-0.2, -0.15) is 0 Å². The number of alkyl halides is 1. The number of ketones is 1. The van der Waals surface area contributed by atoms with Gasteiger partial charge in [0.25, 0.3) is 0 Å². The standard InChI is InChI=1S/C13H9BrO2/c14-11-7-16-13-9-4-2-1-3-8(9)5-6-10(13)12(11)15/h1-6,11H,7H2/t11-/m0/s1. The first kappa shape index (κ1) is 9.85. The average Bonchev–Trinajstić information content (AvgIpc) is 2.33. The van der Waals surface area contributed by atoms with Crippen LogP contribution in [0.15, 0.2) is 36.4 Å². The lowest BCUT2D eigenvalue weighted by atomic mass is 9.99. The molecule has 0 spiro atoms. The Morgan fingerprint density at radius 2 is 2.00 bits per heavy atom. The molecule has 0 aliphatic carbocycles. The number of benzene rings is 2. The van der Waals surface area contributed by atoms with Crippen molar-refractivity contribution in [3.63, 3.8) is 0 Å². The first-order valence-electron chi connectivity index (χ1n) is 5.10. The lowest BCUT2D eigenvalue weighted by Gasteiger charge is -2.21. The summed E-state index contributed by atoms with van der Waals surface area (Å²) in [4.78, 5) is 11.7. The number of hydrogen-bond acceptors (Lipinski definition) is 2. The van der Waals surface area contributed by atoms with Gasteiger partial charge in [0, 0.05) is 5.39 Å². The first-order valence-corrected chi connectivity index (χ1v) is 6.02. The van der Waals surface area contributed by atoms with Crippen LogP contribution in [0.25, 0.3) is 10.8 Å². The molecule has 0 N–H and O–H groups in total. The fraction of sp³-hybridized carbons (Fsp3) is 0.154. The summed E-state index contributed by atoms with van der Waals surface area (Å²) in [6.45, 7) is 0.403. The predicted molar refractivity (Wildman–Crippen MR) is 66.5 cm³/mol. The highest BCUT2D eigenvalue weighted by atomic mass is 79.9. The molecule has 0 unspecified atom stereocenters. The molecule has 1 heterocycles. The van der Waals surface area contributed by atoms with Crippen LogP contribution >= 0.6 is 15.9 Å². The number of halogens is 1. The van der Waals surface area contributed by atoms with Crippen LogP contribution in [0.4, 0.5) is 0 Å². The summed E-state index contributed by atoms with van der Waals surface area (Å²) in [6.07, 6.45) is 0. The molecule has 16 heavy (non-hydrogen) atoms. The Labute approximate surface area is 101 Å². The van der Waals surface area contributed by atoms with E-state index in [0.717, 1.165) is 16.5 Å². The number of carbonyl (C=O) groups is 1. The van der Waals surface area contributed by atoms with Crippen molar-refractivity contribution in [2.45, 2.75) is 4.83 Å². The summed E-state index contributed by atoms with van der Waals surface area (Å²) < 4.78 is 5.65. The molecule has 0 saturated carbocycles. The predicted octanol–water partition coefficient (Wildman–Crippen LogP) is 3.18. The number of Topliss-reactive ketones (excluding diaryl/α,β-unsaturated/α-hetero) is 1. The van der Waals surface area contributed by atoms with Gasteiger partial charge in [-0.1, -0.05) is 46.3 Å². The van der Waals surface area contributed by atoms with E-state index in [1.807, 2.05) is 36.4 Å². The summed E-state index contributed by atoms with van der Waals surface area (Å²) in [5, 5.41) is 2.11. The van der Waals surface area contributed by atoms with Crippen molar-refractivity contribution in [3.05, 3.63) is 42.0 Å².